The van der Waals surface area contributed by atoms with Gasteiger partial charge < -0.3 is 0 Å². The van der Waals surface area contributed by atoms with Gasteiger partial charge >= 0.3 is 0 Å². The fourth-order valence-corrected chi connectivity index (χ4v) is 5.47. The number of halogens is 2. The van der Waals surface area contributed by atoms with Crippen LogP contribution in [0.15, 0.2) is 57.5 Å². The van der Waals surface area contributed by atoms with Crippen LogP contribution in [0.5, 0.6) is 0 Å². The lowest BCUT2D eigenvalue weighted by atomic mass is 9.70. The van der Waals surface area contributed by atoms with E-state index in [1.165, 1.54) is 5.56 Å². The Bertz CT molecular complexity index is 776. The molecule has 0 heterocycles. The number of nitrogens with zero attached hydrogens (tertiary/aromatic N) is 2. The van der Waals surface area contributed by atoms with Crippen molar-refractivity contribution in [2.75, 3.05) is 6.54 Å². The van der Waals surface area contributed by atoms with Crippen molar-refractivity contribution in [2.45, 2.75) is 58.5 Å². The van der Waals surface area contributed by atoms with E-state index in [0.29, 0.717) is 6.04 Å². The summed E-state index contributed by atoms with van der Waals surface area (Å²) in [7, 11) is 0. The highest BCUT2D eigenvalue weighted by molar-refractivity contribution is 9.11. The predicted molar refractivity (Wildman–Crippen MR) is 125 cm³/mol. The molecule has 2 rings (SSSR count). The number of hydrogen-bond acceptors (Lipinski definition) is 2. The van der Waals surface area contributed by atoms with Crippen molar-refractivity contribution in [3.05, 3.63) is 68.6 Å². The van der Waals surface area contributed by atoms with Crippen LogP contribution in [0.1, 0.15) is 51.7 Å². The average Bonchev–Trinajstić information content (AvgIpc) is 2.66. The molecule has 0 amide bonds. The maximum absolute atomic E-state index is 10.3. The van der Waals surface area contributed by atoms with Crippen LogP contribution in [-0.2, 0) is 12.0 Å². The second-order valence-corrected chi connectivity index (χ2v) is 9.70. The van der Waals surface area contributed by atoms with Crippen molar-refractivity contribution in [1.29, 1.82) is 5.26 Å². The second kappa shape index (κ2) is 10.6. The van der Waals surface area contributed by atoms with E-state index >= 15 is 0 Å². The SMILES string of the molecule is CC(C)N(CCCC(C#N)(c1c(Br)cccc1Br)C(C)C)Cc1ccccc1. The van der Waals surface area contributed by atoms with Gasteiger partial charge in [0.2, 0.25) is 0 Å². The molecule has 0 aliphatic heterocycles. The van der Waals surface area contributed by atoms with Crippen molar-refractivity contribution in [2.24, 2.45) is 5.92 Å². The predicted octanol–water partition coefficient (Wildman–Crippen LogP) is 7.32. The summed E-state index contributed by atoms with van der Waals surface area (Å²) >= 11 is 7.38. The summed E-state index contributed by atoms with van der Waals surface area (Å²) in [5, 5.41) is 10.3. The summed E-state index contributed by atoms with van der Waals surface area (Å²) in [6, 6.07) is 19.8. The van der Waals surface area contributed by atoms with Crippen molar-refractivity contribution in [1.82, 2.24) is 4.90 Å². The molecule has 150 valence electrons. The van der Waals surface area contributed by atoms with Crippen LogP contribution in [0, 0.1) is 17.2 Å². The van der Waals surface area contributed by atoms with Crippen LogP contribution in [0.4, 0.5) is 0 Å². The molecular weight excluding hydrogens is 476 g/mol. The van der Waals surface area contributed by atoms with E-state index in [9.17, 15) is 5.26 Å². The topological polar surface area (TPSA) is 27.0 Å². The van der Waals surface area contributed by atoms with E-state index in [-0.39, 0.29) is 5.92 Å². The molecule has 0 spiro atoms. The normalized spacial score (nSPS) is 13.7. The lowest BCUT2D eigenvalue weighted by Crippen LogP contribution is -2.35. The fourth-order valence-electron chi connectivity index (χ4n) is 3.77. The molecule has 0 radical (unpaired) electrons. The van der Waals surface area contributed by atoms with Gasteiger partial charge in [0.15, 0.2) is 0 Å². The summed E-state index contributed by atoms with van der Waals surface area (Å²) in [6.07, 6.45) is 1.81. The van der Waals surface area contributed by atoms with Crippen LogP contribution in [0.25, 0.3) is 0 Å². The molecule has 28 heavy (non-hydrogen) atoms. The molecule has 2 aromatic rings. The van der Waals surface area contributed by atoms with Crippen LogP contribution >= 0.6 is 31.9 Å². The number of rotatable bonds is 9. The number of benzene rings is 2. The lowest BCUT2D eigenvalue weighted by Gasteiger charge is -2.34. The Balaban J connectivity index is 2.18. The minimum absolute atomic E-state index is 0.217. The molecule has 0 aliphatic rings. The highest BCUT2D eigenvalue weighted by atomic mass is 79.9. The van der Waals surface area contributed by atoms with Gasteiger partial charge in [-0.3, -0.25) is 4.90 Å². The Hall–Kier alpha value is -1.15. The van der Waals surface area contributed by atoms with Gasteiger partial charge in [-0.1, -0.05) is 82.1 Å². The Morgan fingerprint density at radius 2 is 1.57 bits per heavy atom. The molecular formula is C24H30Br2N2. The molecule has 0 fully saturated rings. The summed E-state index contributed by atoms with van der Waals surface area (Å²) in [5.74, 6) is 0.217. The van der Waals surface area contributed by atoms with Crippen LogP contribution < -0.4 is 0 Å². The number of hydrogen-bond donors (Lipinski definition) is 0. The maximum atomic E-state index is 10.3. The molecule has 1 atom stereocenters. The van der Waals surface area contributed by atoms with Crippen LogP contribution in [-0.4, -0.2) is 17.5 Å². The van der Waals surface area contributed by atoms with E-state index in [0.717, 1.165) is 40.4 Å². The summed E-state index contributed by atoms with van der Waals surface area (Å²) < 4.78 is 2.00. The lowest BCUT2D eigenvalue weighted by molar-refractivity contribution is 0.199. The smallest absolute Gasteiger partial charge is 0.0867 e. The van der Waals surface area contributed by atoms with Gasteiger partial charge in [-0.25, -0.2) is 0 Å². The minimum Gasteiger partial charge on any atom is -0.297 e. The second-order valence-electron chi connectivity index (χ2n) is 7.99. The van der Waals surface area contributed by atoms with Gasteiger partial charge in [-0.15, -0.1) is 0 Å². The zero-order valence-electron chi connectivity index (χ0n) is 17.3. The van der Waals surface area contributed by atoms with E-state index in [2.05, 4.69) is 101 Å². The van der Waals surface area contributed by atoms with Crippen molar-refractivity contribution in [3.63, 3.8) is 0 Å². The largest absolute Gasteiger partial charge is 0.297 e. The van der Waals surface area contributed by atoms with Crippen LogP contribution in [0.3, 0.4) is 0 Å². The standard InChI is InChI=1S/C24H30Br2N2/c1-18(2)24(17-27,23-21(25)12-8-13-22(23)26)14-9-15-28(19(3)4)16-20-10-6-5-7-11-20/h5-8,10-13,18-19H,9,14-16H2,1-4H3. The third-order valence-corrected chi connectivity index (χ3v) is 6.89. The van der Waals surface area contributed by atoms with E-state index in [1.54, 1.807) is 0 Å². The monoisotopic (exact) mass is 504 g/mol. The zero-order chi connectivity index (χ0) is 20.7. The Morgan fingerprint density at radius 1 is 0.964 bits per heavy atom. The van der Waals surface area contributed by atoms with E-state index < -0.39 is 5.41 Å². The molecule has 0 saturated heterocycles. The summed E-state index contributed by atoms with van der Waals surface area (Å²) in [4.78, 5) is 2.49. The summed E-state index contributed by atoms with van der Waals surface area (Å²) in [6.45, 7) is 10.7. The van der Waals surface area contributed by atoms with Crippen LogP contribution in [0.2, 0.25) is 0 Å². The Morgan fingerprint density at radius 3 is 2.07 bits per heavy atom. The molecule has 0 N–H and O–H groups in total. The molecule has 0 aliphatic carbocycles. The molecule has 0 bridgehead atoms. The zero-order valence-corrected chi connectivity index (χ0v) is 20.4. The van der Waals surface area contributed by atoms with Gasteiger partial charge in [-0.2, -0.15) is 5.26 Å². The molecule has 2 aromatic carbocycles. The molecule has 4 heteroatoms. The van der Waals surface area contributed by atoms with Gasteiger partial charge in [0, 0.05) is 27.1 Å². The number of nitriles is 1. The molecule has 2 nitrogen and oxygen atoms in total. The third kappa shape index (κ3) is 5.47. The highest BCUT2D eigenvalue weighted by Crippen LogP contribution is 2.43. The van der Waals surface area contributed by atoms with E-state index in [1.807, 2.05) is 18.2 Å². The van der Waals surface area contributed by atoms with Gasteiger partial charge in [-0.05, 0) is 56.8 Å². The first-order valence-electron chi connectivity index (χ1n) is 9.95. The Labute approximate surface area is 187 Å². The first-order valence-corrected chi connectivity index (χ1v) is 11.5. The third-order valence-electron chi connectivity index (χ3n) is 5.57. The molecule has 1 unspecified atom stereocenters. The van der Waals surface area contributed by atoms with Gasteiger partial charge in [0.25, 0.3) is 0 Å². The fraction of sp³-hybridized carbons (Fsp3) is 0.458. The quantitative estimate of drug-likeness (QED) is 0.357. The van der Waals surface area contributed by atoms with E-state index in [4.69, 9.17) is 0 Å². The van der Waals surface area contributed by atoms with Gasteiger partial charge in [0.05, 0.1) is 11.5 Å². The first kappa shape index (κ1) is 23.1. The van der Waals surface area contributed by atoms with Crippen molar-refractivity contribution in [3.8, 4) is 6.07 Å². The first-order chi connectivity index (χ1) is 13.3. The minimum atomic E-state index is -0.520. The highest BCUT2D eigenvalue weighted by Gasteiger charge is 2.38. The molecule has 0 aromatic heterocycles. The van der Waals surface area contributed by atoms with Crippen molar-refractivity contribution < 1.29 is 0 Å². The molecule has 0 saturated carbocycles. The Kier molecular flexibility index (Phi) is 8.74. The maximum Gasteiger partial charge on any atom is 0.0867 e. The van der Waals surface area contributed by atoms with Crippen molar-refractivity contribution >= 4 is 31.9 Å². The average molecular weight is 506 g/mol. The summed E-state index contributed by atoms with van der Waals surface area (Å²) in [5.41, 5.74) is 1.89. The van der Waals surface area contributed by atoms with Gasteiger partial charge in [0.1, 0.15) is 0 Å².